The number of benzene rings is 2. The molecule has 2 fully saturated rings. The van der Waals surface area contributed by atoms with Crippen molar-refractivity contribution in [1.29, 1.82) is 0 Å². The van der Waals surface area contributed by atoms with Crippen LogP contribution < -0.4 is 4.31 Å². The van der Waals surface area contributed by atoms with Crippen molar-refractivity contribution in [2.75, 3.05) is 30.9 Å². The van der Waals surface area contributed by atoms with Gasteiger partial charge in [-0.05, 0) is 55.0 Å². The third-order valence-electron chi connectivity index (χ3n) is 10.0. The van der Waals surface area contributed by atoms with Crippen molar-refractivity contribution in [1.82, 2.24) is 10.1 Å². The Labute approximate surface area is 313 Å². The van der Waals surface area contributed by atoms with Crippen molar-refractivity contribution in [2.45, 2.75) is 114 Å². The van der Waals surface area contributed by atoms with Crippen LogP contribution in [0.25, 0.3) is 11.1 Å². The Morgan fingerprint density at radius 1 is 1.10 bits per heavy atom. The molecule has 52 heavy (non-hydrogen) atoms. The average molecular weight is 771 g/mol. The van der Waals surface area contributed by atoms with Gasteiger partial charge in [-0.25, -0.2) is 12.7 Å². The molecular formula is C38H51ClN4O7SSi. The lowest BCUT2D eigenvalue weighted by Gasteiger charge is -2.27. The van der Waals surface area contributed by atoms with E-state index >= 15 is 0 Å². The summed E-state index contributed by atoms with van der Waals surface area (Å²) in [5.41, 5.74) is 2.29. The number of unbranched alkanes of at least 4 members (excludes halogenated alkanes) is 1. The smallest absolute Gasteiger partial charge is 0.268 e. The van der Waals surface area contributed by atoms with Crippen LogP contribution in [0.1, 0.15) is 68.8 Å². The number of rotatable bonds is 17. The molecular weight excluding hydrogens is 720 g/mol. The zero-order valence-corrected chi connectivity index (χ0v) is 33.5. The number of halogens is 1. The summed E-state index contributed by atoms with van der Waals surface area (Å²) in [5, 5.41) is 4.14. The number of anilines is 1. The number of amidine groups is 1. The van der Waals surface area contributed by atoms with Gasteiger partial charge in [-0.15, -0.1) is 0 Å². The van der Waals surface area contributed by atoms with Gasteiger partial charge < -0.3 is 18.7 Å². The highest BCUT2D eigenvalue weighted by Gasteiger charge is 2.49. The van der Waals surface area contributed by atoms with Crippen LogP contribution in [0.4, 0.5) is 5.82 Å². The van der Waals surface area contributed by atoms with Crippen LogP contribution in [0, 0.1) is 6.92 Å². The third kappa shape index (κ3) is 8.34. The fourth-order valence-corrected chi connectivity index (χ4v) is 9.32. The Morgan fingerprint density at radius 3 is 2.50 bits per heavy atom. The van der Waals surface area contributed by atoms with Crippen LogP contribution in [0.3, 0.4) is 0 Å². The number of aliphatic imine (C=N–C) groups is 1. The summed E-state index contributed by atoms with van der Waals surface area (Å²) < 4.78 is 53.3. The molecule has 1 saturated heterocycles. The van der Waals surface area contributed by atoms with Gasteiger partial charge in [0.15, 0.2) is 5.76 Å². The summed E-state index contributed by atoms with van der Waals surface area (Å²) in [7, 11) is -5.72. The second-order valence-electron chi connectivity index (χ2n) is 15.3. The van der Waals surface area contributed by atoms with Crippen LogP contribution in [0.5, 0.6) is 0 Å². The molecule has 0 unspecified atom stereocenters. The molecule has 1 aromatic heterocycles. The van der Waals surface area contributed by atoms with E-state index in [9.17, 15) is 13.2 Å². The monoisotopic (exact) mass is 770 g/mol. The highest BCUT2D eigenvalue weighted by atomic mass is 35.5. The van der Waals surface area contributed by atoms with E-state index in [0.717, 1.165) is 72.3 Å². The molecule has 2 aromatic carbocycles. The van der Waals surface area contributed by atoms with Gasteiger partial charge in [0.05, 0.1) is 31.3 Å². The highest BCUT2D eigenvalue weighted by molar-refractivity contribution is 7.93. The topological polar surface area (TPSA) is 124 Å². The second kappa shape index (κ2) is 16.1. The summed E-state index contributed by atoms with van der Waals surface area (Å²) in [6, 6.07) is 13.7. The fourth-order valence-electron chi connectivity index (χ4n) is 6.83. The van der Waals surface area contributed by atoms with Crippen LogP contribution in [0.2, 0.25) is 30.7 Å². The van der Waals surface area contributed by atoms with Crippen molar-refractivity contribution >= 4 is 47.3 Å². The quantitative estimate of drug-likeness (QED) is 0.0770. The van der Waals surface area contributed by atoms with Crippen molar-refractivity contribution in [3.63, 3.8) is 0 Å². The van der Waals surface area contributed by atoms with Crippen molar-refractivity contribution in [3.8, 4) is 11.1 Å². The van der Waals surface area contributed by atoms with Gasteiger partial charge in [0.25, 0.3) is 15.9 Å². The molecule has 0 radical (unpaired) electrons. The minimum atomic E-state index is -4.28. The first-order valence-electron chi connectivity index (χ1n) is 18.4. The molecule has 6 rings (SSSR count). The molecule has 0 N–H and O–H groups in total. The maximum absolute atomic E-state index is 14.7. The fraction of sp³-hybridized carbons (Fsp3) is 0.553. The molecule has 11 nitrogen and oxygen atoms in total. The Morgan fingerprint density at radius 2 is 1.85 bits per heavy atom. The van der Waals surface area contributed by atoms with E-state index in [1.807, 2.05) is 29.2 Å². The van der Waals surface area contributed by atoms with Crippen molar-refractivity contribution in [2.24, 2.45) is 4.99 Å². The van der Waals surface area contributed by atoms with Crippen LogP contribution in [0.15, 0.2) is 56.9 Å². The van der Waals surface area contributed by atoms with E-state index in [1.54, 1.807) is 25.1 Å². The van der Waals surface area contributed by atoms with E-state index < -0.39 is 23.6 Å². The lowest BCUT2D eigenvalue weighted by molar-refractivity contribution is -0.135. The molecule has 3 heterocycles. The van der Waals surface area contributed by atoms with Gasteiger partial charge >= 0.3 is 0 Å². The molecule has 0 atom stereocenters. The summed E-state index contributed by atoms with van der Waals surface area (Å²) in [4.78, 5) is 20.9. The molecule has 282 valence electrons. The predicted molar refractivity (Wildman–Crippen MR) is 205 cm³/mol. The number of aromatic nitrogens is 1. The van der Waals surface area contributed by atoms with E-state index in [-0.39, 0.29) is 41.1 Å². The molecule has 1 saturated carbocycles. The number of ether oxygens (including phenoxy) is 3. The maximum atomic E-state index is 14.7. The van der Waals surface area contributed by atoms with E-state index in [1.165, 1.54) is 0 Å². The number of carbonyl (C=O) groups is 1. The standard InChI is InChI=1S/C38H51ClN4O7SSi/c1-6-7-14-34-40-38(17-10-11-18-38)37(44)42(34)22-28-15-16-31(29(21-28)23-49-30-24-48-25-30)32-12-8-9-13-33(32)51(45,46)43(26-47-19-20-52(3,4)5)36-35(39)27(2)50-41-36/h8-9,12-13,15-16,21,30H,6-7,10-11,14,17-20,22-26H2,1-5H3. The average Bonchev–Trinajstić information content (AvgIpc) is 3.77. The first-order valence-corrected chi connectivity index (χ1v) is 23.9. The van der Waals surface area contributed by atoms with E-state index in [4.69, 9.17) is 35.3 Å². The molecule has 14 heteroatoms. The zero-order chi connectivity index (χ0) is 37.1. The predicted octanol–water partition coefficient (Wildman–Crippen LogP) is 7.97. The van der Waals surface area contributed by atoms with Crippen molar-refractivity contribution in [3.05, 3.63) is 64.4 Å². The number of sulfonamides is 1. The van der Waals surface area contributed by atoms with Gasteiger partial charge in [-0.2, -0.15) is 0 Å². The number of carbonyl (C=O) groups excluding carboxylic acids is 1. The van der Waals surface area contributed by atoms with Gasteiger partial charge in [0.1, 0.15) is 29.2 Å². The van der Waals surface area contributed by atoms with Crippen LogP contribution in [-0.4, -0.2) is 76.5 Å². The largest absolute Gasteiger partial charge is 0.376 e. The Hall–Kier alpha value is -3.07. The lowest BCUT2D eigenvalue weighted by atomic mass is 9.96. The minimum absolute atomic E-state index is 0.0262. The molecule has 0 bridgehead atoms. The van der Waals surface area contributed by atoms with Crippen LogP contribution in [-0.2, 0) is 42.2 Å². The molecule has 1 amide bonds. The molecule has 2 aliphatic heterocycles. The number of amides is 1. The number of hydrogen-bond acceptors (Lipinski definition) is 9. The minimum Gasteiger partial charge on any atom is -0.376 e. The number of aryl methyl sites for hydroxylation is 1. The third-order valence-corrected chi connectivity index (χ3v) is 13.9. The lowest BCUT2D eigenvalue weighted by Crippen LogP contribution is -2.40. The van der Waals surface area contributed by atoms with E-state index in [0.29, 0.717) is 43.3 Å². The normalized spacial score (nSPS) is 17.6. The first-order chi connectivity index (χ1) is 24.8. The number of nitrogens with zero attached hydrogens (tertiary/aromatic N) is 4. The van der Waals surface area contributed by atoms with Gasteiger partial charge in [0.2, 0.25) is 5.82 Å². The summed E-state index contributed by atoms with van der Waals surface area (Å²) >= 11 is 6.56. The highest BCUT2D eigenvalue weighted by Crippen LogP contribution is 2.41. The molecule has 1 aliphatic carbocycles. The Balaban J connectivity index is 1.35. The maximum Gasteiger partial charge on any atom is 0.268 e. The van der Waals surface area contributed by atoms with E-state index in [2.05, 4.69) is 31.7 Å². The summed E-state index contributed by atoms with van der Waals surface area (Å²) in [5.74, 6) is 1.24. The van der Waals surface area contributed by atoms with Gasteiger partial charge in [-0.1, -0.05) is 99.0 Å². The Kier molecular flexibility index (Phi) is 12.0. The summed E-state index contributed by atoms with van der Waals surface area (Å²) in [6.07, 6.45) is 6.31. The van der Waals surface area contributed by atoms with Crippen LogP contribution >= 0.6 is 11.6 Å². The SMILES string of the molecule is CCCCC1=NC2(CCCC2)C(=O)N1Cc1ccc(-c2ccccc2S(=O)(=O)N(COCC[Si](C)(C)C)c2noc(C)c2Cl)c(COC2COC2)c1. The molecule has 3 aromatic rings. The molecule has 1 spiro atoms. The second-order valence-corrected chi connectivity index (χ2v) is 23.1. The summed E-state index contributed by atoms with van der Waals surface area (Å²) in [6.45, 7) is 12.2. The molecule has 3 aliphatic rings. The zero-order valence-electron chi connectivity index (χ0n) is 31.0. The first kappa shape index (κ1) is 38.6. The number of hydrogen-bond donors (Lipinski definition) is 0. The van der Waals surface area contributed by atoms with Gasteiger partial charge in [0, 0.05) is 26.7 Å². The van der Waals surface area contributed by atoms with Crippen molar-refractivity contribution < 1.29 is 31.9 Å². The Bertz CT molecular complexity index is 1880. The van der Waals surface area contributed by atoms with Gasteiger partial charge in [-0.3, -0.25) is 14.7 Å².